The number of halogens is 3. The van der Waals surface area contributed by atoms with E-state index in [0.29, 0.717) is 12.2 Å². The Balaban J connectivity index is 2.05. The predicted octanol–water partition coefficient (Wildman–Crippen LogP) is 3.14. The van der Waals surface area contributed by atoms with Crippen LogP contribution in [0.4, 0.5) is 24.5 Å². The molecule has 7 heteroatoms. The highest BCUT2D eigenvalue weighted by molar-refractivity contribution is 5.54. The van der Waals surface area contributed by atoms with Gasteiger partial charge in [0, 0.05) is 31.2 Å². The van der Waals surface area contributed by atoms with Gasteiger partial charge in [0.1, 0.15) is 0 Å². The van der Waals surface area contributed by atoms with Gasteiger partial charge in [0.2, 0.25) is 0 Å². The lowest BCUT2D eigenvalue weighted by atomic mass is 10.2. The van der Waals surface area contributed by atoms with Crippen molar-refractivity contribution in [3.05, 3.63) is 53.9 Å². The van der Waals surface area contributed by atoms with Crippen LogP contribution in [0.5, 0.6) is 0 Å². The molecule has 1 aromatic heterocycles. The third kappa shape index (κ3) is 4.59. The zero-order valence-corrected chi connectivity index (χ0v) is 12.6. The van der Waals surface area contributed by atoms with E-state index in [1.165, 1.54) is 12.3 Å². The fourth-order valence-electron chi connectivity index (χ4n) is 2.14. The minimum absolute atomic E-state index is 0.0124. The largest absolute Gasteiger partial charge is 0.418 e. The van der Waals surface area contributed by atoms with Crippen molar-refractivity contribution in [3.63, 3.8) is 0 Å². The number of aromatic nitrogens is 1. The number of nitrogens with one attached hydrogen (secondary N) is 1. The fourth-order valence-corrected chi connectivity index (χ4v) is 2.14. The van der Waals surface area contributed by atoms with E-state index in [9.17, 15) is 13.2 Å². The molecule has 2 aromatic rings. The SMILES string of the molecule is CN(CCO)c1ccc(NCc2ncccc2C(F)(F)F)cc1. The normalized spacial score (nSPS) is 11.3. The summed E-state index contributed by atoms with van der Waals surface area (Å²) in [7, 11) is 1.85. The van der Waals surface area contributed by atoms with E-state index in [2.05, 4.69) is 10.3 Å². The van der Waals surface area contributed by atoms with Gasteiger partial charge in [0.05, 0.1) is 24.4 Å². The summed E-state index contributed by atoms with van der Waals surface area (Å²) in [4.78, 5) is 5.69. The highest BCUT2D eigenvalue weighted by Crippen LogP contribution is 2.31. The molecule has 2 N–H and O–H groups in total. The second-order valence-electron chi connectivity index (χ2n) is 5.04. The zero-order chi connectivity index (χ0) is 16.9. The molecule has 124 valence electrons. The first-order valence-electron chi connectivity index (χ1n) is 7.09. The maximum Gasteiger partial charge on any atom is 0.418 e. The van der Waals surface area contributed by atoms with Crippen LogP contribution in [-0.2, 0) is 12.7 Å². The summed E-state index contributed by atoms with van der Waals surface area (Å²) < 4.78 is 38.7. The standard InChI is InChI=1S/C16H18F3N3O/c1-22(9-10-23)13-6-4-12(5-7-13)21-11-15-14(16(17,18)19)3-2-8-20-15/h2-8,21,23H,9-11H2,1H3. The number of pyridine rings is 1. The molecule has 0 aliphatic heterocycles. The van der Waals surface area contributed by atoms with Crippen LogP contribution in [0, 0.1) is 0 Å². The van der Waals surface area contributed by atoms with Crippen molar-refractivity contribution in [1.29, 1.82) is 0 Å². The van der Waals surface area contributed by atoms with Crippen LogP contribution < -0.4 is 10.2 Å². The third-order valence-electron chi connectivity index (χ3n) is 3.40. The lowest BCUT2D eigenvalue weighted by molar-refractivity contribution is -0.138. The highest BCUT2D eigenvalue weighted by Gasteiger charge is 2.33. The van der Waals surface area contributed by atoms with E-state index < -0.39 is 11.7 Å². The second kappa shape index (κ2) is 7.32. The second-order valence-corrected chi connectivity index (χ2v) is 5.04. The van der Waals surface area contributed by atoms with Gasteiger partial charge in [-0.05, 0) is 36.4 Å². The number of benzene rings is 1. The van der Waals surface area contributed by atoms with Crippen molar-refractivity contribution >= 4 is 11.4 Å². The van der Waals surface area contributed by atoms with E-state index in [-0.39, 0.29) is 18.8 Å². The molecule has 0 saturated carbocycles. The van der Waals surface area contributed by atoms with E-state index in [4.69, 9.17) is 5.11 Å². The summed E-state index contributed by atoms with van der Waals surface area (Å²) in [5, 5.41) is 11.8. The molecular weight excluding hydrogens is 307 g/mol. The molecule has 0 unspecified atom stereocenters. The number of likely N-dealkylation sites (N-methyl/N-ethyl adjacent to an activating group) is 1. The van der Waals surface area contributed by atoms with E-state index >= 15 is 0 Å². The minimum Gasteiger partial charge on any atom is -0.395 e. The average molecular weight is 325 g/mol. The summed E-state index contributed by atoms with van der Waals surface area (Å²) in [6.07, 6.45) is -3.07. The van der Waals surface area contributed by atoms with Gasteiger partial charge in [-0.15, -0.1) is 0 Å². The molecule has 0 bridgehead atoms. The molecule has 23 heavy (non-hydrogen) atoms. The van der Waals surface area contributed by atoms with Crippen LogP contribution in [0.25, 0.3) is 0 Å². The van der Waals surface area contributed by atoms with Crippen LogP contribution in [-0.4, -0.2) is 30.3 Å². The van der Waals surface area contributed by atoms with Crippen molar-refractivity contribution in [2.45, 2.75) is 12.7 Å². The number of aliphatic hydroxyl groups excluding tert-OH is 1. The van der Waals surface area contributed by atoms with Crippen molar-refractivity contribution in [1.82, 2.24) is 4.98 Å². The Hall–Kier alpha value is -2.28. The van der Waals surface area contributed by atoms with Crippen molar-refractivity contribution < 1.29 is 18.3 Å². The van der Waals surface area contributed by atoms with Crippen LogP contribution in [0.3, 0.4) is 0 Å². The Morgan fingerprint density at radius 1 is 1.17 bits per heavy atom. The first-order valence-corrected chi connectivity index (χ1v) is 7.09. The molecule has 0 saturated heterocycles. The predicted molar refractivity (Wildman–Crippen MR) is 83.4 cm³/mol. The molecule has 2 rings (SSSR count). The summed E-state index contributed by atoms with van der Waals surface area (Å²) in [5.74, 6) is 0. The van der Waals surface area contributed by atoms with Gasteiger partial charge in [-0.3, -0.25) is 4.98 Å². The minimum atomic E-state index is -4.41. The monoisotopic (exact) mass is 325 g/mol. The van der Waals surface area contributed by atoms with E-state index in [0.717, 1.165) is 11.8 Å². The average Bonchev–Trinajstić information content (AvgIpc) is 2.53. The molecular formula is C16H18F3N3O. The molecule has 0 fully saturated rings. The molecule has 0 aliphatic carbocycles. The van der Waals surface area contributed by atoms with Gasteiger partial charge in [0.25, 0.3) is 0 Å². The number of hydrogen-bond donors (Lipinski definition) is 2. The summed E-state index contributed by atoms with van der Waals surface area (Å²) in [6.45, 7) is 0.549. The maximum absolute atomic E-state index is 12.9. The number of hydrogen-bond acceptors (Lipinski definition) is 4. The summed E-state index contributed by atoms with van der Waals surface area (Å²) >= 11 is 0. The number of alkyl halides is 3. The van der Waals surface area contributed by atoms with Gasteiger partial charge in [-0.25, -0.2) is 0 Å². The van der Waals surface area contributed by atoms with Gasteiger partial charge in [-0.2, -0.15) is 13.2 Å². The lowest BCUT2D eigenvalue weighted by Crippen LogP contribution is -2.20. The van der Waals surface area contributed by atoms with Gasteiger partial charge in [0.15, 0.2) is 0 Å². The number of anilines is 2. The Morgan fingerprint density at radius 2 is 1.87 bits per heavy atom. The van der Waals surface area contributed by atoms with Gasteiger partial charge >= 0.3 is 6.18 Å². The maximum atomic E-state index is 12.9. The number of nitrogens with zero attached hydrogens (tertiary/aromatic N) is 2. The smallest absolute Gasteiger partial charge is 0.395 e. The van der Waals surface area contributed by atoms with Crippen molar-refractivity contribution in [2.75, 3.05) is 30.4 Å². The molecule has 1 heterocycles. The molecule has 1 aromatic carbocycles. The Bertz CT molecular complexity index is 629. The van der Waals surface area contributed by atoms with Crippen LogP contribution in [0.15, 0.2) is 42.6 Å². The Morgan fingerprint density at radius 3 is 2.48 bits per heavy atom. The molecule has 0 spiro atoms. The van der Waals surface area contributed by atoms with Crippen molar-refractivity contribution in [3.8, 4) is 0 Å². The first kappa shape index (κ1) is 17.1. The van der Waals surface area contributed by atoms with Gasteiger partial charge in [-0.1, -0.05) is 0 Å². The third-order valence-corrected chi connectivity index (χ3v) is 3.40. The van der Waals surface area contributed by atoms with E-state index in [1.807, 2.05) is 24.1 Å². The number of rotatable bonds is 6. The number of aliphatic hydroxyl groups is 1. The quantitative estimate of drug-likeness (QED) is 0.857. The Kier molecular flexibility index (Phi) is 5.44. The molecule has 0 radical (unpaired) electrons. The van der Waals surface area contributed by atoms with Gasteiger partial charge < -0.3 is 15.3 Å². The molecule has 0 aliphatic rings. The summed E-state index contributed by atoms with van der Waals surface area (Å²) in [5.41, 5.74) is 0.844. The zero-order valence-electron chi connectivity index (χ0n) is 12.6. The van der Waals surface area contributed by atoms with Crippen LogP contribution in [0.2, 0.25) is 0 Å². The fraction of sp³-hybridized carbons (Fsp3) is 0.312. The van der Waals surface area contributed by atoms with Crippen molar-refractivity contribution in [2.24, 2.45) is 0 Å². The van der Waals surface area contributed by atoms with Crippen LogP contribution in [0.1, 0.15) is 11.3 Å². The highest BCUT2D eigenvalue weighted by atomic mass is 19.4. The lowest BCUT2D eigenvalue weighted by Gasteiger charge is -2.18. The molecule has 4 nitrogen and oxygen atoms in total. The Labute approximate surface area is 132 Å². The molecule has 0 amide bonds. The first-order chi connectivity index (χ1) is 10.9. The molecule has 0 atom stereocenters. The topological polar surface area (TPSA) is 48.4 Å². The van der Waals surface area contributed by atoms with E-state index in [1.54, 1.807) is 12.1 Å². The van der Waals surface area contributed by atoms with Crippen LogP contribution >= 0.6 is 0 Å². The summed E-state index contributed by atoms with van der Waals surface area (Å²) in [6, 6.07) is 9.52.